The average Bonchev–Trinajstić information content (AvgIpc) is 3.66. The zero-order valence-electron chi connectivity index (χ0n) is 28.8. The van der Waals surface area contributed by atoms with Crippen LogP contribution in [0.1, 0.15) is 0 Å². The lowest BCUT2D eigenvalue weighted by atomic mass is 10.0. The molecule has 4 nitrogen and oxygen atoms in total. The maximum Gasteiger partial charge on any atom is 0.227 e. The number of nitrogens with zero attached hydrogens (tertiary/aromatic N) is 3. The molecule has 250 valence electrons. The van der Waals surface area contributed by atoms with Crippen LogP contribution < -0.4 is 9.80 Å². The fourth-order valence-electron chi connectivity index (χ4n) is 7.46. The lowest BCUT2D eigenvalue weighted by Gasteiger charge is -2.29. The lowest BCUT2D eigenvalue weighted by Crippen LogP contribution is -2.12. The van der Waals surface area contributed by atoms with E-state index >= 15 is 0 Å². The molecule has 10 aromatic rings. The Labute approximate surface area is 307 Å². The number of fused-ring (bicyclic) bond motifs is 4. The molecule has 0 radical (unpaired) electrons. The molecule has 0 saturated heterocycles. The lowest BCUT2D eigenvalue weighted by molar-refractivity contribution is 0.620. The van der Waals surface area contributed by atoms with Crippen LogP contribution in [0.2, 0.25) is 0 Å². The van der Waals surface area contributed by atoms with Gasteiger partial charge in [-0.05, 0) is 106 Å². The summed E-state index contributed by atoms with van der Waals surface area (Å²) in [7, 11) is 0. The molecule has 0 unspecified atom stereocenters. The molecule has 0 atom stereocenters. The molecule has 0 aliphatic rings. The molecule has 0 N–H and O–H groups in total. The van der Waals surface area contributed by atoms with E-state index in [1.807, 2.05) is 30.3 Å². The minimum absolute atomic E-state index is 0.589. The highest BCUT2D eigenvalue weighted by Crippen LogP contribution is 2.47. The number of oxazole rings is 1. The normalized spacial score (nSPS) is 11.4. The van der Waals surface area contributed by atoms with Crippen LogP contribution in [0.15, 0.2) is 205 Å². The molecule has 1 heterocycles. The van der Waals surface area contributed by atoms with Crippen molar-refractivity contribution in [2.45, 2.75) is 0 Å². The third kappa shape index (κ3) is 5.54. The molecule has 0 saturated carbocycles. The summed E-state index contributed by atoms with van der Waals surface area (Å²) in [4.78, 5) is 9.88. The van der Waals surface area contributed by atoms with Gasteiger partial charge in [-0.3, -0.25) is 0 Å². The molecule has 4 heteroatoms. The Hall–Kier alpha value is -7.17. The Morgan fingerprint density at radius 1 is 0.358 bits per heavy atom. The third-order valence-corrected chi connectivity index (χ3v) is 9.97. The fraction of sp³-hybridized carbons (Fsp3) is 0. The Morgan fingerprint density at radius 3 is 1.43 bits per heavy atom. The number of anilines is 6. The van der Waals surface area contributed by atoms with Crippen molar-refractivity contribution in [2.75, 3.05) is 9.80 Å². The van der Waals surface area contributed by atoms with Crippen molar-refractivity contribution >= 4 is 77.5 Å². The molecule has 0 spiro atoms. The fourth-order valence-corrected chi connectivity index (χ4v) is 7.46. The van der Waals surface area contributed by atoms with E-state index in [9.17, 15) is 0 Å². The van der Waals surface area contributed by atoms with Gasteiger partial charge >= 0.3 is 0 Å². The average molecular weight is 680 g/mol. The maximum absolute atomic E-state index is 6.66. The molecular weight excluding hydrogens is 647 g/mol. The number of para-hydroxylation sites is 2. The molecular formula is C49H33N3O. The predicted octanol–water partition coefficient (Wildman–Crippen LogP) is 13.9. The SMILES string of the molecule is c1ccc(-c2nc3c(N(c4ccccc4)c4ccc5ccccc5c4)c4ccc(N(c5ccccc5)c5ccc6ccccc6c5)cc4cc3o2)cc1. The van der Waals surface area contributed by atoms with Crippen LogP contribution in [-0.2, 0) is 0 Å². The van der Waals surface area contributed by atoms with E-state index in [0.717, 1.165) is 61.6 Å². The standard InChI is InChI=1S/C49H33N3O/c1-4-16-36(17-5-1)49-50-47-46(53-49)33-39-32-43(51(40-20-6-2-7-21-40)42-26-24-34-14-10-12-18-37(34)30-42)28-29-45(39)48(47)52(41-22-8-3-9-23-41)44-27-25-35-15-11-13-19-38(35)31-44/h1-33H. The zero-order chi connectivity index (χ0) is 35.1. The maximum atomic E-state index is 6.66. The van der Waals surface area contributed by atoms with Gasteiger partial charge in [0.1, 0.15) is 5.52 Å². The van der Waals surface area contributed by atoms with Crippen LogP contribution >= 0.6 is 0 Å². The van der Waals surface area contributed by atoms with E-state index in [-0.39, 0.29) is 0 Å². The molecule has 53 heavy (non-hydrogen) atoms. The summed E-state index contributed by atoms with van der Waals surface area (Å²) in [5.74, 6) is 0.589. The predicted molar refractivity (Wildman–Crippen MR) is 221 cm³/mol. The Morgan fingerprint density at radius 2 is 0.830 bits per heavy atom. The second-order valence-corrected chi connectivity index (χ2v) is 13.3. The number of benzene rings is 9. The first-order valence-electron chi connectivity index (χ1n) is 17.9. The van der Waals surface area contributed by atoms with Crippen molar-refractivity contribution in [3.05, 3.63) is 200 Å². The van der Waals surface area contributed by atoms with Gasteiger partial charge in [0.15, 0.2) is 5.58 Å². The Kier molecular flexibility index (Phi) is 7.43. The topological polar surface area (TPSA) is 32.5 Å². The summed E-state index contributed by atoms with van der Waals surface area (Å²) in [6.07, 6.45) is 0. The van der Waals surface area contributed by atoms with Crippen LogP contribution in [-0.4, -0.2) is 4.98 Å². The van der Waals surface area contributed by atoms with E-state index in [0.29, 0.717) is 5.89 Å². The van der Waals surface area contributed by atoms with Crippen LogP contribution in [0.4, 0.5) is 34.1 Å². The van der Waals surface area contributed by atoms with Crippen LogP contribution in [0, 0.1) is 0 Å². The Bertz CT molecular complexity index is 2900. The number of aromatic nitrogens is 1. The summed E-state index contributed by atoms with van der Waals surface area (Å²) < 4.78 is 6.66. The number of rotatable bonds is 7. The van der Waals surface area contributed by atoms with Gasteiger partial charge in [-0.15, -0.1) is 0 Å². The van der Waals surface area contributed by atoms with Gasteiger partial charge in [-0.2, -0.15) is 0 Å². The largest absolute Gasteiger partial charge is 0.436 e. The summed E-state index contributed by atoms with van der Waals surface area (Å²) in [6, 6.07) is 70.4. The van der Waals surface area contributed by atoms with Gasteiger partial charge in [0.05, 0.1) is 5.69 Å². The van der Waals surface area contributed by atoms with Gasteiger partial charge in [0, 0.05) is 39.4 Å². The highest BCUT2D eigenvalue weighted by molar-refractivity contribution is 6.13. The number of hydrogen-bond donors (Lipinski definition) is 0. The van der Waals surface area contributed by atoms with Crippen LogP contribution in [0.25, 0.3) is 54.9 Å². The van der Waals surface area contributed by atoms with Crippen molar-refractivity contribution in [1.29, 1.82) is 0 Å². The van der Waals surface area contributed by atoms with Crippen molar-refractivity contribution in [3.63, 3.8) is 0 Å². The highest BCUT2D eigenvalue weighted by atomic mass is 16.3. The third-order valence-electron chi connectivity index (χ3n) is 9.97. The first-order chi connectivity index (χ1) is 26.3. The van der Waals surface area contributed by atoms with Crippen molar-refractivity contribution in [3.8, 4) is 11.5 Å². The van der Waals surface area contributed by atoms with E-state index in [4.69, 9.17) is 9.40 Å². The highest BCUT2D eigenvalue weighted by Gasteiger charge is 2.24. The van der Waals surface area contributed by atoms with Crippen LogP contribution in [0.5, 0.6) is 0 Å². The first-order valence-corrected chi connectivity index (χ1v) is 17.9. The second-order valence-electron chi connectivity index (χ2n) is 13.3. The van der Waals surface area contributed by atoms with Crippen molar-refractivity contribution in [1.82, 2.24) is 4.98 Å². The van der Waals surface area contributed by atoms with Crippen LogP contribution in [0.3, 0.4) is 0 Å². The summed E-state index contributed by atoms with van der Waals surface area (Å²) in [5.41, 5.74) is 8.71. The molecule has 1 aromatic heterocycles. The van der Waals surface area contributed by atoms with Gasteiger partial charge in [-0.1, -0.05) is 121 Å². The summed E-state index contributed by atoms with van der Waals surface area (Å²) >= 11 is 0. The molecule has 0 aliphatic carbocycles. The van der Waals surface area contributed by atoms with Gasteiger partial charge < -0.3 is 14.2 Å². The summed E-state index contributed by atoms with van der Waals surface area (Å²) in [6.45, 7) is 0. The molecule has 0 bridgehead atoms. The van der Waals surface area contributed by atoms with Gasteiger partial charge in [0.2, 0.25) is 5.89 Å². The van der Waals surface area contributed by atoms with Crippen molar-refractivity contribution in [2.24, 2.45) is 0 Å². The quantitative estimate of drug-likeness (QED) is 0.168. The monoisotopic (exact) mass is 679 g/mol. The smallest absolute Gasteiger partial charge is 0.227 e. The molecule has 9 aromatic carbocycles. The number of hydrogen-bond acceptors (Lipinski definition) is 4. The minimum Gasteiger partial charge on any atom is -0.436 e. The molecule has 0 aliphatic heterocycles. The minimum atomic E-state index is 0.589. The first kappa shape index (κ1) is 30.6. The van der Waals surface area contributed by atoms with E-state index in [2.05, 4.69) is 180 Å². The molecule has 10 rings (SSSR count). The van der Waals surface area contributed by atoms with Gasteiger partial charge in [0.25, 0.3) is 0 Å². The molecule has 0 amide bonds. The van der Waals surface area contributed by atoms with Crippen molar-refractivity contribution < 1.29 is 4.42 Å². The zero-order valence-corrected chi connectivity index (χ0v) is 28.8. The molecule has 0 fully saturated rings. The second kappa shape index (κ2) is 12.9. The Balaban J connectivity index is 1.24. The van der Waals surface area contributed by atoms with E-state index in [1.54, 1.807) is 0 Å². The van der Waals surface area contributed by atoms with Gasteiger partial charge in [-0.25, -0.2) is 4.98 Å². The van der Waals surface area contributed by atoms with E-state index < -0.39 is 0 Å². The van der Waals surface area contributed by atoms with E-state index in [1.165, 1.54) is 21.5 Å². The summed E-state index contributed by atoms with van der Waals surface area (Å²) in [5, 5.41) is 6.88.